The van der Waals surface area contributed by atoms with E-state index in [1.807, 2.05) is 0 Å². The summed E-state index contributed by atoms with van der Waals surface area (Å²) in [6.45, 7) is 3.25. The van der Waals surface area contributed by atoms with Crippen LogP contribution in [-0.2, 0) is 15.4 Å². The fourth-order valence-corrected chi connectivity index (χ4v) is 3.99. The molecule has 0 aromatic heterocycles. The number of nitrogens with zero attached hydrogens (tertiary/aromatic N) is 1. The maximum absolute atomic E-state index is 12.0. The van der Waals surface area contributed by atoms with Crippen LogP contribution in [0.25, 0.3) is 0 Å². The highest BCUT2D eigenvalue weighted by Crippen LogP contribution is 2.47. The highest BCUT2D eigenvalue weighted by molar-refractivity contribution is 7.91. The van der Waals surface area contributed by atoms with Crippen LogP contribution < -0.4 is 0 Å². The summed E-state index contributed by atoms with van der Waals surface area (Å²) >= 11 is 0. The lowest BCUT2D eigenvalue weighted by atomic mass is 9.70. The molecule has 1 atom stereocenters. The summed E-state index contributed by atoms with van der Waals surface area (Å²) in [5, 5.41) is 20.0. The lowest BCUT2D eigenvalue weighted by Crippen LogP contribution is -2.46. The van der Waals surface area contributed by atoms with E-state index in [1.165, 1.54) is 6.07 Å². The SMILES string of the molecule is CC(C)(C#N)C1(O)CCS(=O)(=O)c2ccccc21. The van der Waals surface area contributed by atoms with Gasteiger partial charge in [-0.2, -0.15) is 5.26 Å². The van der Waals surface area contributed by atoms with Crippen molar-refractivity contribution in [2.45, 2.75) is 30.8 Å². The molecule has 1 aliphatic rings. The van der Waals surface area contributed by atoms with E-state index in [4.69, 9.17) is 0 Å². The van der Waals surface area contributed by atoms with Crippen LogP contribution in [0.1, 0.15) is 25.8 Å². The molecule has 0 bridgehead atoms. The van der Waals surface area contributed by atoms with Gasteiger partial charge in [0.15, 0.2) is 9.84 Å². The monoisotopic (exact) mass is 265 g/mol. The molecule has 1 aromatic rings. The van der Waals surface area contributed by atoms with Gasteiger partial charge in [0.2, 0.25) is 0 Å². The molecule has 18 heavy (non-hydrogen) atoms. The summed E-state index contributed by atoms with van der Waals surface area (Å²) in [5.41, 5.74) is -2.13. The smallest absolute Gasteiger partial charge is 0.178 e. The third kappa shape index (κ3) is 1.64. The predicted molar refractivity (Wildman–Crippen MR) is 66.4 cm³/mol. The fourth-order valence-electron chi connectivity index (χ4n) is 2.35. The molecule has 1 unspecified atom stereocenters. The van der Waals surface area contributed by atoms with Crippen molar-refractivity contribution in [2.24, 2.45) is 5.41 Å². The Morgan fingerprint density at radius 1 is 1.39 bits per heavy atom. The normalized spacial score (nSPS) is 26.1. The average molecular weight is 265 g/mol. The molecule has 2 rings (SSSR count). The van der Waals surface area contributed by atoms with Crippen LogP contribution in [0.4, 0.5) is 0 Å². The zero-order chi connectivity index (χ0) is 13.6. The van der Waals surface area contributed by atoms with Crippen LogP contribution in [0, 0.1) is 16.7 Å². The van der Waals surface area contributed by atoms with Gasteiger partial charge in [0.05, 0.1) is 22.1 Å². The van der Waals surface area contributed by atoms with E-state index in [9.17, 15) is 18.8 Å². The molecule has 1 heterocycles. The van der Waals surface area contributed by atoms with Crippen LogP contribution in [0.5, 0.6) is 0 Å². The van der Waals surface area contributed by atoms with Crippen LogP contribution >= 0.6 is 0 Å². The van der Waals surface area contributed by atoms with E-state index < -0.39 is 20.9 Å². The highest BCUT2D eigenvalue weighted by Gasteiger charge is 2.50. The molecule has 0 saturated carbocycles. The van der Waals surface area contributed by atoms with Gasteiger partial charge >= 0.3 is 0 Å². The fraction of sp³-hybridized carbons (Fsp3) is 0.462. The number of sulfone groups is 1. The Labute approximate surface area is 107 Å². The molecule has 0 amide bonds. The van der Waals surface area contributed by atoms with Crippen molar-refractivity contribution in [3.63, 3.8) is 0 Å². The quantitative estimate of drug-likeness (QED) is 0.836. The van der Waals surface area contributed by atoms with Gasteiger partial charge < -0.3 is 5.11 Å². The van der Waals surface area contributed by atoms with E-state index in [1.54, 1.807) is 32.0 Å². The Morgan fingerprint density at radius 2 is 2.00 bits per heavy atom. The largest absolute Gasteiger partial charge is 0.383 e. The number of hydrogen-bond acceptors (Lipinski definition) is 4. The first-order chi connectivity index (χ1) is 8.24. The van der Waals surface area contributed by atoms with Crippen LogP contribution in [0.15, 0.2) is 29.2 Å². The number of rotatable bonds is 1. The van der Waals surface area contributed by atoms with Gasteiger partial charge in [-0.1, -0.05) is 18.2 Å². The molecule has 1 N–H and O–H groups in total. The summed E-state index contributed by atoms with van der Waals surface area (Å²) < 4.78 is 24.0. The van der Waals surface area contributed by atoms with Crippen LogP contribution in [0.2, 0.25) is 0 Å². The maximum Gasteiger partial charge on any atom is 0.178 e. The van der Waals surface area contributed by atoms with Crippen molar-refractivity contribution >= 4 is 9.84 Å². The number of benzene rings is 1. The first-order valence-electron chi connectivity index (χ1n) is 5.70. The second-order valence-electron chi connectivity index (χ2n) is 5.16. The summed E-state index contributed by atoms with van der Waals surface area (Å²) in [7, 11) is -3.35. The standard InChI is InChI=1S/C13H15NO3S/c1-12(2,9-14)13(15)7-8-18(16,17)11-6-4-3-5-10(11)13/h3-6,15H,7-8H2,1-2H3. The summed E-state index contributed by atoms with van der Waals surface area (Å²) in [4.78, 5) is 0.141. The second kappa shape index (κ2) is 3.81. The number of fused-ring (bicyclic) bond motifs is 1. The van der Waals surface area contributed by atoms with E-state index >= 15 is 0 Å². The molecule has 1 aliphatic heterocycles. The maximum atomic E-state index is 12.0. The number of hydrogen-bond donors (Lipinski definition) is 1. The molecular weight excluding hydrogens is 250 g/mol. The molecule has 0 saturated heterocycles. The van der Waals surface area contributed by atoms with Crippen molar-refractivity contribution in [2.75, 3.05) is 5.75 Å². The Balaban J connectivity index is 2.75. The Hall–Kier alpha value is -1.38. The Bertz CT molecular complexity index is 628. The molecular formula is C13H15NO3S. The molecule has 4 nitrogen and oxygen atoms in total. The lowest BCUT2D eigenvalue weighted by Gasteiger charge is -2.41. The lowest BCUT2D eigenvalue weighted by molar-refractivity contribution is -0.0517. The molecule has 5 heteroatoms. The van der Waals surface area contributed by atoms with E-state index in [2.05, 4.69) is 6.07 Å². The number of aliphatic hydroxyl groups is 1. The minimum atomic E-state index is -3.35. The third-order valence-electron chi connectivity index (χ3n) is 3.71. The minimum absolute atomic E-state index is 0.0485. The van der Waals surface area contributed by atoms with Gasteiger partial charge in [-0.3, -0.25) is 0 Å². The Morgan fingerprint density at radius 3 is 2.61 bits per heavy atom. The molecule has 0 radical (unpaired) electrons. The van der Waals surface area contributed by atoms with Gasteiger partial charge in [-0.15, -0.1) is 0 Å². The predicted octanol–water partition coefficient (Wildman–Crippen LogP) is 1.60. The topological polar surface area (TPSA) is 78.2 Å². The summed E-state index contributed by atoms with van der Waals surface area (Å²) in [5.74, 6) is -0.133. The van der Waals surface area contributed by atoms with Gasteiger partial charge in [0, 0.05) is 5.56 Å². The molecule has 0 fully saturated rings. The molecule has 0 spiro atoms. The van der Waals surface area contributed by atoms with Gasteiger partial charge in [0.25, 0.3) is 0 Å². The van der Waals surface area contributed by atoms with Crippen LogP contribution in [-0.4, -0.2) is 19.3 Å². The summed E-state index contributed by atoms with van der Waals surface area (Å²) in [6, 6.07) is 8.46. The van der Waals surface area contributed by atoms with Crippen molar-refractivity contribution in [1.29, 1.82) is 5.26 Å². The molecule has 96 valence electrons. The van der Waals surface area contributed by atoms with Crippen molar-refractivity contribution in [3.05, 3.63) is 29.8 Å². The molecule has 0 aliphatic carbocycles. The first-order valence-corrected chi connectivity index (χ1v) is 7.36. The second-order valence-corrected chi connectivity index (χ2v) is 7.24. The number of nitriles is 1. The van der Waals surface area contributed by atoms with Gasteiger partial charge in [-0.05, 0) is 26.3 Å². The Kier molecular flexibility index (Phi) is 2.76. The minimum Gasteiger partial charge on any atom is -0.383 e. The summed E-state index contributed by atoms with van der Waals surface area (Å²) in [6.07, 6.45) is 0.0485. The van der Waals surface area contributed by atoms with Crippen molar-refractivity contribution in [3.8, 4) is 6.07 Å². The zero-order valence-electron chi connectivity index (χ0n) is 10.3. The first kappa shape index (κ1) is 13.1. The van der Waals surface area contributed by atoms with Crippen LogP contribution in [0.3, 0.4) is 0 Å². The van der Waals surface area contributed by atoms with Gasteiger partial charge in [0.1, 0.15) is 5.60 Å². The zero-order valence-corrected chi connectivity index (χ0v) is 11.2. The molecule has 1 aromatic carbocycles. The third-order valence-corrected chi connectivity index (χ3v) is 5.48. The van der Waals surface area contributed by atoms with Crippen molar-refractivity contribution < 1.29 is 13.5 Å². The van der Waals surface area contributed by atoms with E-state index in [0.29, 0.717) is 5.56 Å². The van der Waals surface area contributed by atoms with E-state index in [0.717, 1.165) is 0 Å². The van der Waals surface area contributed by atoms with Gasteiger partial charge in [-0.25, -0.2) is 8.42 Å². The van der Waals surface area contributed by atoms with Crippen molar-refractivity contribution in [1.82, 2.24) is 0 Å². The van der Waals surface area contributed by atoms with E-state index in [-0.39, 0.29) is 17.1 Å². The highest BCUT2D eigenvalue weighted by atomic mass is 32.2. The average Bonchev–Trinajstić information content (AvgIpc) is 2.34.